The van der Waals surface area contributed by atoms with Crippen LogP contribution in [-0.4, -0.2) is 23.5 Å². The van der Waals surface area contributed by atoms with E-state index in [0.717, 1.165) is 17.7 Å². The van der Waals surface area contributed by atoms with Crippen LogP contribution in [-0.2, 0) is 4.79 Å². The van der Waals surface area contributed by atoms with Gasteiger partial charge in [-0.05, 0) is 36.8 Å². The largest absolute Gasteiger partial charge is 0.506 e. The smallest absolute Gasteiger partial charge is 0.254 e. The lowest BCUT2D eigenvalue weighted by molar-refractivity contribution is -0.116. The first-order valence-electron chi connectivity index (χ1n) is 7.19. The third kappa shape index (κ3) is 4.52. The Morgan fingerprint density at radius 1 is 1.12 bits per heavy atom. The van der Waals surface area contributed by atoms with Gasteiger partial charge in [0.25, 0.3) is 5.91 Å². The lowest BCUT2D eigenvalue weighted by Gasteiger charge is -2.09. The third-order valence-electron chi connectivity index (χ3n) is 3.24. The highest BCUT2D eigenvalue weighted by molar-refractivity contribution is 5.95. The minimum absolute atomic E-state index is 0.0336. The summed E-state index contributed by atoms with van der Waals surface area (Å²) in [7, 11) is 0. The molecule has 0 aromatic heterocycles. The average Bonchev–Trinajstić information content (AvgIpc) is 2.50. The van der Waals surface area contributed by atoms with Crippen LogP contribution in [0.25, 0.3) is 0 Å². The zero-order valence-electron chi connectivity index (χ0n) is 12.9. The van der Waals surface area contributed by atoms with Gasteiger partial charge in [0, 0.05) is 19.0 Å². The number of hydrogen-bond acceptors (Lipinski definition) is 3. The first-order valence-corrected chi connectivity index (χ1v) is 7.19. The number of nitrogens with one attached hydrogen (secondary N) is 2. The number of anilines is 1. The molecule has 0 aliphatic heterocycles. The van der Waals surface area contributed by atoms with E-state index in [1.807, 2.05) is 0 Å². The Bertz CT molecular complexity index is 778. The lowest BCUT2D eigenvalue weighted by Crippen LogP contribution is -2.28. The van der Waals surface area contributed by atoms with Crippen molar-refractivity contribution in [2.24, 2.45) is 0 Å². The third-order valence-corrected chi connectivity index (χ3v) is 3.24. The fraction of sp³-hybridized carbons (Fsp3) is 0.176. The maximum absolute atomic E-state index is 13.4. The number of halogens is 2. The van der Waals surface area contributed by atoms with Gasteiger partial charge in [-0.2, -0.15) is 0 Å². The molecule has 0 heterocycles. The number of aromatic hydroxyl groups is 1. The topological polar surface area (TPSA) is 78.4 Å². The van der Waals surface area contributed by atoms with Crippen molar-refractivity contribution < 1.29 is 23.5 Å². The van der Waals surface area contributed by atoms with Gasteiger partial charge in [-0.1, -0.05) is 6.07 Å². The molecule has 0 saturated carbocycles. The number of amides is 2. The van der Waals surface area contributed by atoms with E-state index in [4.69, 9.17) is 0 Å². The fourth-order valence-electron chi connectivity index (χ4n) is 2.02. The molecular weight excluding hydrogens is 318 g/mol. The zero-order valence-corrected chi connectivity index (χ0v) is 12.9. The summed E-state index contributed by atoms with van der Waals surface area (Å²) in [6, 6.07) is 7.43. The Morgan fingerprint density at radius 3 is 2.54 bits per heavy atom. The van der Waals surface area contributed by atoms with Crippen molar-refractivity contribution >= 4 is 17.5 Å². The molecule has 0 aliphatic rings. The predicted octanol–water partition coefficient (Wildman–Crippen LogP) is 2.74. The molecule has 0 fully saturated rings. The number of carbonyl (C=O) groups is 2. The quantitative estimate of drug-likeness (QED) is 0.736. The van der Waals surface area contributed by atoms with Crippen molar-refractivity contribution in [1.29, 1.82) is 0 Å². The molecular formula is C17H16F2N2O3. The monoisotopic (exact) mass is 334 g/mol. The van der Waals surface area contributed by atoms with Crippen molar-refractivity contribution in [3.8, 4) is 5.75 Å². The Morgan fingerprint density at radius 2 is 1.88 bits per heavy atom. The molecule has 2 rings (SSSR count). The Balaban J connectivity index is 1.85. The standard InChI is InChI=1S/C17H16F2N2O3/c1-10-2-5-14(15(22)8-10)21-16(23)6-7-20-17(24)12-4-3-11(18)9-13(12)19/h2-5,8-9,22H,6-7H2,1H3,(H,20,24)(H,21,23). The predicted molar refractivity (Wildman–Crippen MR) is 84.8 cm³/mol. The molecule has 0 spiro atoms. The summed E-state index contributed by atoms with van der Waals surface area (Å²) in [5, 5.41) is 14.6. The molecule has 5 nitrogen and oxygen atoms in total. The molecule has 2 amide bonds. The van der Waals surface area contributed by atoms with Crippen LogP contribution in [0, 0.1) is 18.6 Å². The number of rotatable bonds is 5. The number of aryl methyl sites for hydroxylation is 1. The maximum Gasteiger partial charge on any atom is 0.254 e. The van der Waals surface area contributed by atoms with Crippen molar-refractivity contribution in [3.63, 3.8) is 0 Å². The van der Waals surface area contributed by atoms with Crippen LogP contribution in [0.2, 0.25) is 0 Å². The van der Waals surface area contributed by atoms with Crippen molar-refractivity contribution in [2.75, 3.05) is 11.9 Å². The van der Waals surface area contributed by atoms with Crippen LogP contribution in [0.1, 0.15) is 22.3 Å². The van der Waals surface area contributed by atoms with Crippen LogP contribution in [0.5, 0.6) is 5.75 Å². The summed E-state index contributed by atoms with van der Waals surface area (Å²) in [5.41, 5.74) is 0.813. The summed E-state index contributed by atoms with van der Waals surface area (Å²) in [5.74, 6) is -2.96. The van der Waals surface area contributed by atoms with E-state index in [1.54, 1.807) is 19.1 Å². The van der Waals surface area contributed by atoms with E-state index < -0.39 is 23.4 Å². The van der Waals surface area contributed by atoms with E-state index >= 15 is 0 Å². The maximum atomic E-state index is 13.4. The van der Waals surface area contributed by atoms with Crippen LogP contribution >= 0.6 is 0 Å². The zero-order chi connectivity index (χ0) is 17.7. The van der Waals surface area contributed by atoms with Gasteiger partial charge >= 0.3 is 0 Å². The van der Waals surface area contributed by atoms with Crippen LogP contribution in [0.4, 0.5) is 14.5 Å². The second kappa shape index (κ2) is 7.54. The molecule has 7 heteroatoms. The summed E-state index contributed by atoms with van der Waals surface area (Å²) in [4.78, 5) is 23.5. The van der Waals surface area contributed by atoms with Crippen molar-refractivity contribution in [3.05, 3.63) is 59.2 Å². The molecule has 2 aromatic rings. The Hall–Kier alpha value is -2.96. The summed E-state index contributed by atoms with van der Waals surface area (Å²) < 4.78 is 26.2. The van der Waals surface area contributed by atoms with Gasteiger partial charge in [0.05, 0.1) is 11.3 Å². The molecule has 0 unspecified atom stereocenters. The first-order chi connectivity index (χ1) is 11.4. The number of phenolic OH excluding ortho intramolecular Hbond substituents is 1. The van der Waals surface area contributed by atoms with Gasteiger partial charge in [0.2, 0.25) is 5.91 Å². The molecule has 126 valence electrons. The van der Waals surface area contributed by atoms with Crippen LogP contribution < -0.4 is 10.6 Å². The molecule has 2 aromatic carbocycles. The molecule has 0 saturated heterocycles. The van der Waals surface area contributed by atoms with Crippen LogP contribution in [0.15, 0.2) is 36.4 Å². The first kappa shape index (κ1) is 17.4. The van der Waals surface area contributed by atoms with Gasteiger partial charge in [-0.25, -0.2) is 8.78 Å². The second-order valence-electron chi connectivity index (χ2n) is 5.20. The highest BCUT2D eigenvalue weighted by Gasteiger charge is 2.13. The summed E-state index contributed by atoms with van der Waals surface area (Å²) in [6.45, 7) is 1.77. The van der Waals surface area contributed by atoms with Gasteiger partial charge in [-0.15, -0.1) is 0 Å². The average molecular weight is 334 g/mol. The number of phenols is 1. The fourth-order valence-corrected chi connectivity index (χ4v) is 2.02. The van der Waals surface area contributed by atoms with Gasteiger partial charge < -0.3 is 15.7 Å². The molecule has 0 radical (unpaired) electrons. The number of carbonyl (C=O) groups excluding carboxylic acids is 2. The summed E-state index contributed by atoms with van der Waals surface area (Å²) >= 11 is 0. The lowest BCUT2D eigenvalue weighted by atomic mass is 10.2. The van der Waals surface area contributed by atoms with E-state index in [0.29, 0.717) is 6.07 Å². The molecule has 0 aliphatic carbocycles. The highest BCUT2D eigenvalue weighted by Crippen LogP contribution is 2.23. The van der Waals surface area contributed by atoms with E-state index in [2.05, 4.69) is 10.6 Å². The van der Waals surface area contributed by atoms with E-state index in [9.17, 15) is 23.5 Å². The van der Waals surface area contributed by atoms with E-state index in [-0.39, 0.29) is 30.0 Å². The molecule has 0 atom stereocenters. The van der Waals surface area contributed by atoms with E-state index in [1.165, 1.54) is 6.07 Å². The Kier molecular flexibility index (Phi) is 5.47. The van der Waals surface area contributed by atoms with Crippen molar-refractivity contribution in [1.82, 2.24) is 5.32 Å². The number of benzene rings is 2. The number of hydrogen-bond donors (Lipinski definition) is 3. The Labute approximate surface area is 137 Å². The second-order valence-corrected chi connectivity index (χ2v) is 5.20. The minimum atomic E-state index is -0.971. The molecule has 0 bridgehead atoms. The summed E-state index contributed by atoms with van der Waals surface area (Å²) in [6.07, 6.45) is -0.0676. The minimum Gasteiger partial charge on any atom is -0.506 e. The van der Waals surface area contributed by atoms with Gasteiger partial charge in [0.15, 0.2) is 0 Å². The normalized spacial score (nSPS) is 10.3. The molecule has 3 N–H and O–H groups in total. The van der Waals surface area contributed by atoms with Crippen molar-refractivity contribution in [2.45, 2.75) is 13.3 Å². The van der Waals surface area contributed by atoms with Gasteiger partial charge in [-0.3, -0.25) is 9.59 Å². The van der Waals surface area contributed by atoms with Gasteiger partial charge in [0.1, 0.15) is 17.4 Å². The highest BCUT2D eigenvalue weighted by atomic mass is 19.1. The SMILES string of the molecule is Cc1ccc(NC(=O)CCNC(=O)c2ccc(F)cc2F)c(O)c1. The van der Waals surface area contributed by atoms with Crippen LogP contribution in [0.3, 0.4) is 0 Å². The molecule has 24 heavy (non-hydrogen) atoms.